The second kappa shape index (κ2) is 4.49. The number of aliphatic carboxylic acids is 1. The molecule has 0 saturated heterocycles. The second-order valence-electron chi connectivity index (χ2n) is 2.61. The van der Waals surface area contributed by atoms with Gasteiger partial charge in [-0.25, -0.2) is 0 Å². The number of hydrogen-bond donors (Lipinski definition) is 1. The van der Waals surface area contributed by atoms with Crippen LogP contribution in [0.5, 0.6) is 0 Å². The quantitative estimate of drug-likeness (QED) is 0.793. The van der Waals surface area contributed by atoms with Gasteiger partial charge in [-0.05, 0) is 11.1 Å². The molecule has 0 spiro atoms. The molecule has 0 aliphatic heterocycles. The Hall–Kier alpha value is -0.730. The smallest absolute Gasteiger partial charge is 0.307 e. The Kier molecular flexibility index (Phi) is 3.58. The lowest BCUT2D eigenvalue weighted by Gasteiger charge is -2.02. The Balaban J connectivity index is 2.75. The standard InChI is InChI=1S/C9H8Cl2O2/c10-9(11)7-3-1-6(2-4-7)5-8(12)13/h1-4,9H,5H2,(H,12,13). The summed E-state index contributed by atoms with van der Waals surface area (Å²) in [4.78, 5) is 9.78. The van der Waals surface area contributed by atoms with E-state index in [4.69, 9.17) is 28.3 Å². The first-order valence-electron chi connectivity index (χ1n) is 3.68. The van der Waals surface area contributed by atoms with Gasteiger partial charge in [0.15, 0.2) is 0 Å². The van der Waals surface area contributed by atoms with Crippen molar-refractivity contribution in [2.75, 3.05) is 0 Å². The van der Waals surface area contributed by atoms with Crippen LogP contribution in [0.25, 0.3) is 0 Å². The molecule has 0 heterocycles. The number of carbonyl (C=O) groups is 1. The van der Waals surface area contributed by atoms with Gasteiger partial charge in [0.2, 0.25) is 0 Å². The molecular weight excluding hydrogens is 211 g/mol. The molecule has 0 aliphatic rings. The predicted molar refractivity (Wildman–Crippen MR) is 52.2 cm³/mol. The van der Waals surface area contributed by atoms with Crippen molar-refractivity contribution in [3.63, 3.8) is 0 Å². The maximum absolute atomic E-state index is 10.3. The first kappa shape index (κ1) is 10.4. The van der Waals surface area contributed by atoms with Crippen LogP contribution in [-0.4, -0.2) is 11.1 Å². The molecule has 0 atom stereocenters. The molecule has 0 aliphatic carbocycles. The SMILES string of the molecule is O=C(O)Cc1ccc(C(Cl)Cl)cc1. The lowest BCUT2D eigenvalue weighted by molar-refractivity contribution is -0.136. The fourth-order valence-electron chi connectivity index (χ4n) is 0.956. The van der Waals surface area contributed by atoms with Crippen molar-refractivity contribution >= 4 is 29.2 Å². The summed E-state index contributed by atoms with van der Waals surface area (Å²) in [6.07, 6.45) is 0.0233. The molecule has 1 rings (SSSR count). The molecule has 1 aromatic rings. The summed E-state index contributed by atoms with van der Waals surface area (Å²) >= 11 is 11.2. The Labute approximate surface area is 86.1 Å². The van der Waals surface area contributed by atoms with Crippen molar-refractivity contribution in [3.8, 4) is 0 Å². The normalized spacial score (nSPS) is 10.4. The monoisotopic (exact) mass is 218 g/mol. The minimum atomic E-state index is -0.846. The molecule has 70 valence electrons. The van der Waals surface area contributed by atoms with Crippen molar-refractivity contribution in [2.45, 2.75) is 11.3 Å². The minimum Gasteiger partial charge on any atom is -0.481 e. The van der Waals surface area contributed by atoms with Gasteiger partial charge in [-0.1, -0.05) is 24.3 Å². The van der Waals surface area contributed by atoms with Gasteiger partial charge < -0.3 is 5.11 Å². The highest BCUT2D eigenvalue weighted by Gasteiger charge is 2.04. The van der Waals surface area contributed by atoms with E-state index in [2.05, 4.69) is 0 Å². The van der Waals surface area contributed by atoms with Gasteiger partial charge in [0.1, 0.15) is 4.84 Å². The molecular formula is C9H8Cl2O2. The molecule has 0 aromatic heterocycles. The predicted octanol–water partition coefficient (Wildman–Crippen LogP) is 2.79. The van der Waals surface area contributed by atoms with Gasteiger partial charge in [0, 0.05) is 0 Å². The summed E-state index contributed by atoms with van der Waals surface area (Å²) in [5.74, 6) is -0.846. The Morgan fingerprint density at radius 2 is 1.85 bits per heavy atom. The van der Waals surface area contributed by atoms with Crippen molar-refractivity contribution in [1.29, 1.82) is 0 Å². The fraction of sp³-hybridized carbons (Fsp3) is 0.222. The largest absolute Gasteiger partial charge is 0.481 e. The molecule has 1 aromatic carbocycles. The average Bonchev–Trinajstić information content (AvgIpc) is 2.04. The topological polar surface area (TPSA) is 37.3 Å². The lowest BCUT2D eigenvalue weighted by Crippen LogP contribution is -1.99. The number of halogens is 2. The highest BCUT2D eigenvalue weighted by molar-refractivity contribution is 6.44. The van der Waals surface area contributed by atoms with Gasteiger partial charge in [0.25, 0.3) is 0 Å². The summed E-state index contributed by atoms with van der Waals surface area (Å²) < 4.78 is 0. The first-order chi connectivity index (χ1) is 6.09. The van der Waals surface area contributed by atoms with E-state index in [1.165, 1.54) is 0 Å². The van der Waals surface area contributed by atoms with Crippen LogP contribution in [0, 0.1) is 0 Å². The van der Waals surface area contributed by atoms with E-state index in [0.717, 1.165) is 11.1 Å². The molecule has 13 heavy (non-hydrogen) atoms. The third kappa shape index (κ3) is 3.25. The average molecular weight is 219 g/mol. The summed E-state index contributed by atoms with van der Waals surface area (Å²) in [6, 6.07) is 6.87. The van der Waals surface area contributed by atoms with Gasteiger partial charge in [-0.2, -0.15) is 0 Å². The Morgan fingerprint density at radius 1 is 1.31 bits per heavy atom. The third-order valence-corrected chi connectivity index (χ3v) is 2.09. The van der Waals surface area contributed by atoms with Gasteiger partial charge in [-0.15, -0.1) is 23.2 Å². The molecule has 2 nitrogen and oxygen atoms in total. The lowest BCUT2D eigenvalue weighted by atomic mass is 10.1. The number of benzene rings is 1. The molecule has 0 bridgehead atoms. The van der Waals surface area contributed by atoms with E-state index in [1.807, 2.05) is 0 Å². The van der Waals surface area contributed by atoms with Crippen LogP contribution >= 0.6 is 23.2 Å². The third-order valence-electron chi connectivity index (χ3n) is 1.59. The molecule has 1 N–H and O–H groups in total. The number of hydrogen-bond acceptors (Lipinski definition) is 1. The number of carboxylic acids is 1. The van der Waals surface area contributed by atoms with E-state index in [1.54, 1.807) is 24.3 Å². The number of rotatable bonds is 3. The molecule has 0 amide bonds. The maximum Gasteiger partial charge on any atom is 0.307 e. The molecule has 4 heteroatoms. The van der Waals surface area contributed by atoms with E-state index in [9.17, 15) is 4.79 Å². The molecule has 0 fully saturated rings. The van der Waals surface area contributed by atoms with Crippen molar-refractivity contribution < 1.29 is 9.90 Å². The van der Waals surface area contributed by atoms with Crippen LogP contribution in [0.4, 0.5) is 0 Å². The van der Waals surface area contributed by atoms with Crippen LogP contribution in [-0.2, 0) is 11.2 Å². The zero-order valence-corrected chi connectivity index (χ0v) is 8.22. The summed E-state index contributed by atoms with van der Waals surface area (Å²) in [5, 5.41) is 8.49. The Bertz CT molecular complexity index is 293. The zero-order chi connectivity index (χ0) is 9.84. The minimum absolute atomic E-state index is 0.0233. The van der Waals surface area contributed by atoms with Gasteiger partial charge >= 0.3 is 5.97 Å². The Morgan fingerprint density at radius 3 is 2.23 bits per heavy atom. The number of carboxylic acid groups (broad SMARTS) is 1. The molecule has 0 radical (unpaired) electrons. The fourth-order valence-corrected chi connectivity index (χ4v) is 1.25. The molecule has 0 saturated carbocycles. The van der Waals surface area contributed by atoms with E-state index in [0.29, 0.717) is 0 Å². The van der Waals surface area contributed by atoms with Crippen molar-refractivity contribution in [1.82, 2.24) is 0 Å². The maximum atomic E-state index is 10.3. The van der Waals surface area contributed by atoms with E-state index >= 15 is 0 Å². The van der Waals surface area contributed by atoms with Crippen LogP contribution in [0.15, 0.2) is 24.3 Å². The van der Waals surface area contributed by atoms with Crippen LogP contribution in [0.1, 0.15) is 16.0 Å². The zero-order valence-electron chi connectivity index (χ0n) is 6.71. The van der Waals surface area contributed by atoms with E-state index in [-0.39, 0.29) is 6.42 Å². The van der Waals surface area contributed by atoms with Crippen LogP contribution in [0.2, 0.25) is 0 Å². The summed E-state index contributed by atoms with van der Waals surface area (Å²) in [7, 11) is 0. The highest BCUT2D eigenvalue weighted by Crippen LogP contribution is 2.24. The second-order valence-corrected chi connectivity index (χ2v) is 3.71. The van der Waals surface area contributed by atoms with Gasteiger partial charge in [0.05, 0.1) is 6.42 Å². The van der Waals surface area contributed by atoms with Crippen molar-refractivity contribution in [2.24, 2.45) is 0 Å². The van der Waals surface area contributed by atoms with Crippen LogP contribution in [0.3, 0.4) is 0 Å². The van der Waals surface area contributed by atoms with Gasteiger partial charge in [-0.3, -0.25) is 4.79 Å². The van der Waals surface area contributed by atoms with Crippen molar-refractivity contribution in [3.05, 3.63) is 35.4 Å². The highest BCUT2D eigenvalue weighted by atomic mass is 35.5. The van der Waals surface area contributed by atoms with Crippen LogP contribution < -0.4 is 0 Å². The summed E-state index contributed by atoms with van der Waals surface area (Å²) in [5.41, 5.74) is 1.52. The summed E-state index contributed by atoms with van der Waals surface area (Å²) in [6.45, 7) is 0. The number of alkyl halides is 2. The molecule has 0 unspecified atom stereocenters. The van der Waals surface area contributed by atoms with E-state index < -0.39 is 10.8 Å². The first-order valence-corrected chi connectivity index (χ1v) is 4.55.